The molecule has 0 saturated heterocycles. The summed E-state index contributed by atoms with van der Waals surface area (Å²) in [6, 6.07) is 18.4. The molecule has 0 saturated carbocycles. The number of aromatic nitrogens is 1. The topological polar surface area (TPSA) is 87.0 Å². The first kappa shape index (κ1) is 21.4. The Morgan fingerprint density at radius 3 is 2.63 bits per heavy atom. The fraction of sp³-hybridized carbons (Fsp3) is 0.292. The number of nitrogens with one attached hydrogen (secondary N) is 2. The second-order valence-corrected chi connectivity index (χ2v) is 7.00. The number of pyridine rings is 1. The summed E-state index contributed by atoms with van der Waals surface area (Å²) < 4.78 is 5.63. The molecule has 2 aromatic carbocycles. The summed E-state index contributed by atoms with van der Waals surface area (Å²) in [6.45, 7) is 2.46. The van der Waals surface area contributed by atoms with Crippen LogP contribution in [0.5, 0.6) is 0 Å². The zero-order valence-corrected chi connectivity index (χ0v) is 17.1. The molecule has 3 rings (SSSR count). The van der Waals surface area contributed by atoms with Gasteiger partial charge in [0.15, 0.2) is 0 Å². The van der Waals surface area contributed by atoms with Crippen LogP contribution in [0.1, 0.15) is 16.7 Å². The first-order valence-electron chi connectivity index (χ1n) is 10.1. The van der Waals surface area contributed by atoms with E-state index in [4.69, 9.17) is 9.72 Å². The van der Waals surface area contributed by atoms with Gasteiger partial charge in [-0.2, -0.15) is 5.26 Å². The van der Waals surface area contributed by atoms with Crippen LogP contribution in [0.25, 0.3) is 22.2 Å². The molecular formula is C24H26N4O2. The van der Waals surface area contributed by atoms with Gasteiger partial charge in [-0.25, -0.2) is 4.98 Å². The quantitative estimate of drug-likeness (QED) is 0.380. The number of nitriles is 1. The van der Waals surface area contributed by atoms with Gasteiger partial charge in [0.05, 0.1) is 36.1 Å². The maximum atomic E-state index is 10.3. The highest BCUT2D eigenvalue weighted by Crippen LogP contribution is 2.26. The van der Waals surface area contributed by atoms with Crippen molar-refractivity contribution in [1.29, 1.82) is 5.26 Å². The van der Waals surface area contributed by atoms with Gasteiger partial charge < -0.3 is 15.4 Å². The Hall–Kier alpha value is -3.27. The van der Waals surface area contributed by atoms with Gasteiger partial charge in [0.25, 0.3) is 0 Å². The third-order valence-electron chi connectivity index (χ3n) is 4.93. The van der Waals surface area contributed by atoms with Crippen molar-refractivity contribution in [2.75, 3.05) is 33.4 Å². The molecule has 0 spiro atoms. The van der Waals surface area contributed by atoms with Gasteiger partial charge >= 0.3 is 0 Å². The summed E-state index contributed by atoms with van der Waals surface area (Å²) in [5, 5.41) is 16.0. The van der Waals surface area contributed by atoms with Crippen LogP contribution in [-0.2, 0) is 22.4 Å². The van der Waals surface area contributed by atoms with E-state index in [0.29, 0.717) is 31.7 Å². The van der Waals surface area contributed by atoms with Crippen molar-refractivity contribution < 1.29 is 9.53 Å². The van der Waals surface area contributed by atoms with Crippen LogP contribution in [-0.4, -0.2) is 44.7 Å². The molecule has 30 heavy (non-hydrogen) atoms. The van der Waals surface area contributed by atoms with E-state index in [1.165, 1.54) is 5.56 Å². The van der Waals surface area contributed by atoms with Gasteiger partial charge in [-0.3, -0.25) is 4.79 Å². The number of hydrogen-bond donors (Lipinski definition) is 2. The number of benzene rings is 2. The van der Waals surface area contributed by atoms with Crippen molar-refractivity contribution in [2.45, 2.75) is 12.8 Å². The lowest BCUT2D eigenvalue weighted by Gasteiger charge is -2.11. The van der Waals surface area contributed by atoms with Crippen LogP contribution in [0.15, 0.2) is 48.5 Å². The fourth-order valence-corrected chi connectivity index (χ4v) is 3.31. The summed E-state index contributed by atoms with van der Waals surface area (Å²) in [7, 11) is 1.95. The molecule has 0 fully saturated rings. The summed E-state index contributed by atoms with van der Waals surface area (Å²) in [5.74, 6) is 0. The molecule has 0 aliphatic heterocycles. The van der Waals surface area contributed by atoms with Crippen LogP contribution < -0.4 is 10.6 Å². The number of nitrogens with zero attached hydrogens (tertiary/aromatic N) is 2. The Morgan fingerprint density at radius 2 is 1.90 bits per heavy atom. The summed E-state index contributed by atoms with van der Waals surface area (Å²) in [4.78, 5) is 15.1. The number of likely N-dealkylation sites (N-methyl/N-ethyl adjacent to an activating group) is 1. The number of rotatable bonds is 11. The number of fused-ring (bicyclic) bond motifs is 1. The Bertz CT molecular complexity index is 1030. The van der Waals surface area contributed by atoms with Crippen LogP contribution >= 0.6 is 0 Å². The smallest absolute Gasteiger partial charge is 0.207 e. The number of carbonyl (C=O) groups is 1. The number of ether oxygens (including phenoxy) is 1. The molecule has 1 aromatic heterocycles. The normalized spacial score (nSPS) is 10.7. The van der Waals surface area contributed by atoms with Crippen LogP contribution in [0.3, 0.4) is 0 Å². The molecule has 1 heterocycles. The first-order valence-corrected chi connectivity index (χ1v) is 10.1. The van der Waals surface area contributed by atoms with Crippen LogP contribution in [0, 0.1) is 11.3 Å². The zero-order chi connectivity index (χ0) is 21.2. The number of hydrogen-bond acceptors (Lipinski definition) is 5. The summed E-state index contributed by atoms with van der Waals surface area (Å²) in [5.41, 5.74) is 5.74. The molecule has 6 heteroatoms. The highest BCUT2D eigenvalue weighted by Gasteiger charge is 2.09. The number of carbonyl (C=O) groups excluding carboxylic acids is 1. The predicted molar refractivity (Wildman–Crippen MR) is 118 cm³/mol. The first-order chi connectivity index (χ1) is 14.7. The molecule has 154 valence electrons. The largest absolute Gasteiger partial charge is 0.379 e. The molecule has 0 bridgehead atoms. The second-order valence-electron chi connectivity index (χ2n) is 7.00. The average Bonchev–Trinajstić information content (AvgIpc) is 2.79. The third kappa shape index (κ3) is 5.63. The van der Waals surface area contributed by atoms with E-state index >= 15 is 0 Å². The van der Waals surface area contributed by atoms with Crippen molar-refractivity contribution in [3.05, 3.63) is 65.2 Å². The van der Waals surface area contributed by atoms with Crippen molar-refractivity contribution in [3.8, 4) is 17.3 Å². The van der Waals surface area contributed by atoms with E-state index in [1.807, 2.05) is 25.2 Å². The molecule has 3 aromatic rings. The summed E-state index contributed by atoms with van der Waals surface area (Å²) >= 11 is 0. The van der Waals surface area contributed by atoms with Gasteiger partial charge in [0.2, 0.25) is 6.41 Å². The molecule has 0 unspecified atom stereocenters. The highest BCUT2D eigenvalue weighted by atomic mass is 16.5. The molecule has 1 amide bonds. The Kier molecular flexibility index (Phi) is 7.90. The molecule has 0 radical (unpaired) electrons. The SMILES string of the molecule is CNCCc1ccc(-c2cc(CCOCCNC=O)c3ccc(C#N)cc3n2)cc1. The molecule has 0 aliphatic rings. The minimum atomic E-state index is 0.473. The monoisotopic (exact) mass is 402 g/mol. The minimum absolute atomic E-state index is 0.473. The average molecular weight is 402 g/mol. The van der Waals surface area contributed by atoms with Gasteiger partial charge in [-0.15, -0.1) is 0 Å². The number of amides is 1. The molecule has 2 N–H and O–H groups in total. The lowest BCUT2D eigenvalue weighted by Crippen LogP contribution is -2.18. The second kappa shape index (κ2) is 11.1. The van der Waals surface area contributed by atoms with E-state index in [0.717, 1.165) is 47.1 Å². The Morgan fingerprint density at radius 1 is 1.07 bits per heavy atom. The Balaban J connectivity index is 1.86. The van der Waals surface area contributed by atoms with Gasteiger partial charge in [0.1, 0.15) is 0 Å². The molecule has 6 nitrogen and oxygen atoms in total. The molecule has 0 atom stereocenters. The lowest BCUT2D eigenvalue weighted by atomic mass is 10.00. The van der Waals surface area contributed by atoms with E-state index in [9.17, 15) is 10.1 Å². The predicted octanol–water partition coefficient (Wildman–Crippen LogP) is 2.84. The van der Waals surface area contributed by atoms with Crippen LogP contribution in [0.4, 0.5) is 0 Å². The summed E-state index contributed by atoms with van der Waals surface area (Å²) in [6.07, 6.45) is 2.37. The molecular weight excluding hydrogens is 376 g/mol. The van der Waals surface area contributed by atoms with Crippen LogP contribution in [0.2, 0.25) is 0 Å². The van der Waals surface area contributed by atoms with Crippen molar-refractivity contribution in [1.82, 2.24) is 15.6 Å². The van der Waals surface area contributed by atoms with Gasteiger partial charge in [-0.05, 0) is 55.8 Å². The zero-order valence-electron chi connectivity index (χ0n) is 17.1. The van der Waals surface area contributed by atoms with E-state index < -0.39 is 0 Å². The van der Waals surface area contributed by atoms with Crippen molar-refractivity contribution >= 4 is 17.3 Å². The Labute approximate surface area is 176 Å². The van der Waals surface area contributed by atoms with Gasteiger partial charge in [0, 0.05) is 17.5 Å². The third-order valence-corrected chi connectivity index (χ3v) is 4.93. The van der Waals surface area contributed by atoms with Crippen molar-refractivity contribution in [2.24, 2.45) is 0 Å². The fourth-order valence-electron chi connectivity index (χ4n) is 3.31. The van der Waals surface area contributed by atoms with Crippen molar-refractivity contribution in [3.63, 3.8) is 0 Å². The van der Waals surface area contributed by atoms with E-state index in [2.05, 4.69) is 47.0 Å². The lowest BCUT2D eigenvalue weighted by molar-refractivity contribution is -0.109. The van der Waals surface area contributed by atoms with E-state index in [-0.39, 0.29) is 0 Å². The standard InChI is InChI=1S/C24H26N4O2/c1-26-10-8-18-2-5-20(6-3-18)23-15-21(9-12-30-13-11-27-17-29)22-7-4-19(16-25)14-24(22)28-23/h2-7,14-15,17,26H,8-13H2,1H3,(H,27,29). The maximum absolute atomic E-state index is 10.3. The van der Waals surface area contributed by atoms with E-state index in [1.54, 1.807) is 0 Å². The maximum Gasteiger partial charge on any atom is 0.207 e. The minimum Gasteiger partial charge on any atom is -0.379 e. The highest BCUT2D eigenvalue weighted by molar-refractivity contribution is 5.86. The molecule has 0 aliphatic carbocycles. The van der Waals surface area contributed by atoms with Gasteiger partial charge in [-0.1, -0.05) is 30.3 Å².